The van der Waals surface area contributed by atoms with E-state index in [1.54, 1.807) is 37.6 Å². The minimum Gasteiger partial charge on any atom is -0.481 e. The maximum absolute atomic E-state index is 13.2. The van der Waals surface area contributed by atoms with Gasteiger partial charge in [-0.1, -0.05) is 23.7 Å². The summed E-state index contributed by atoms with van der Waals surface area (Å²) in [5, 5.41) is 4.48. The van der Waals surface area contributed by atoms with Gasteiger partial charge in [0.1, 0.15) is 12.3 Å². The van der Waals surface area contributed by atoms with E-state index in [1.165, 1.54) is 0 Å². The molecule has 35 heavy (non-hydrogen) atoms. The standard InChI is InChI=1S/C24H25ClF3N5O2/c1-34-22-10-17(8-9-29-22)32-12-15-6-7-16(13-32)18(15)11-21-30-23(33(31-21)14-24(26,27)28)35-20-5-3-2-4-19(20)25/h2-5,8-10,15-16,18H,6-7,11-14H2,1H3. The van der Waals surface area contributed by atoms with Gasteiger partial charge < -0.3 is 14.4 Å². The van der Waals surface area contributed by atoms with Crippen molar-refractivity contribution in [1.29, 1.82) is 0 Å². The van der Waals surface area contributed by atoms with Gasteiger partial charge in [-0.3, -0.25) is 0 Å². The lowest BCUT2D eigenvalue weighted by Crippen LogP contribution is -2.42. The van der Waals surface area contributed by atoms with Gasteiger partial charge in [0.2, 0.25) is 5.88 Å². The maximum Gasteiger partial charge on any atom is 0.408 e. The van der Waals surface area contributed by atoms with E-state index >= 15 is 0 Å². The topological polar surface area (TPSA) is 65.3 Å². The zero-order chi connectivity index (χ0) is 24.6. The van der Waals surface area contributed by atoms with Crippen molar-refractivity contribution >= 4 is 17.3 Å². The predicted molar refractivity (Wildman–Crippen MR) is 124 cm³/mol. The highest BCUT2D eigenvalue weighted by Crippen LogP contribution is 2.45. The molecule has 3 aromatic rings. The Morgan fingerprint density at radius 2 is 1.86 bits per heavy atom. The Bertz CT molecular complexity index is 1170. The van der Waals surface area contributed by atoms with Crippen LogP contribution in [0, 0.1) is 17.8 Å². The molecule has 2 bridgehead atoms. The van der Waals surface area contributed by atoms with E-state index in [0.29, 0.717) is 35.9 Å². The number of hydrogen-bond acceptors (Lipinski definition) is 6. The van der Waals surface area contributed by atoms with Crippen LogP contribution in [0.4, 0.5) is 18.9 Å². The molecule has 0 amide bonds. The Morgan fingerprint density at radius 3 is 2.54 bits per heavy atom. The number of anilines is 1. The van der Waals surface area contributed by atoms with Crippen LogP contribution < -0.4 is 14.4 Å². The van der Waals surface area contributed by atoms with E-state index in [9.17, 15) is 13.2 Å². The minimum atomic E-state index is -4.46. The molecule has 11 heteroatoms. The molecule has 1 aromatic carbocycles. The second-order valence-corrected chi connectivity index (χ2v) is 9.45. The van der Waals surface area contributed by atoms with Gasteiger partial charge in [-0.25, -0.2) is 9.67 Å². The summed E-state index contributed by atoms with van der Waals surface area (Å²) in [5.74, 6) is 2.26. The fourth-order valence-corrected chi connectivity index (χ4v) is 5.41. The SMILES string of the molecule is COc1cc(N2CC3CCC(C2)C3Cc2nc(Oc3ccccc3Cl)n(CC(F)(F)F)n2)ccn1. The van der Waals surface area contributed by atoms with Crippen LogP contribution in [0.25, 0.3) is 0 Å². The number of ether oxygens (including phenoxy) is 2. The van der Waals surface area contributed by atoms with Crippen LogP contribution in [-0.2, 0) is 13.0 Å². The van der Waals surface area contributed by atoms with Crippen LogP contribution in [0.2, 0.25) is 5.02 Å². The zero-order valence-electron chi connectivity index (χ0n) is 19.1. The lowest BCUT2D eigenvalue weighted by atomic mass is 9.82. The fraction of sp³-hybridized carbons (Fsp3) is 0.458. The smallest absolute Gasteiger partial charge is 0.408 e. The largest absolute Gasteiger partial charge is 0.481 e. The summed E-state index contributed by atoms with van der Waals surface area (Å²) in [6.45, 7) is 0.441. The molecular formula is C24H25ClF3N5O2. The number of nitrogens with zero attached hydrogens (tertiary/aromatic N) is 5. The molecule has 1 saturated heterocycles. The first-order valence-electron chi connectivity index (χ1n) is 11.5. The highest BCUT2D eigenvalue weighted by atomic mass is 35.5. The van der Waals surface area contributed by atoms with Crippen molar-refractivity contribution in [3.05, 3.63) is 53.4 Å². The molecule has 1 saturated carbocycles. The summed E-state index contributed by atoms with van der Waals surface area (Å²) in [5.41, 5.74) is 1.07. The van der Waals surface area contributed by atoms with Crippen LogP contribution >= 0.6 is 11.6 Å². The van der Waals surface area contributed by atoms with Crippen molar-refractivity contribution in [1.82, 2.24) is 19.7 Å². The van der Waals surface area contributed by atoms with Gasteiger partial charge in [-0.05, 0) is 48.8 Å². The molecule has 5 rings (SSSR count). The summed E-state index contributed by atoms with van der Waals surface area (Å²) in [7, 11) is 1.59. The number of pyridine rings is 1. The van der Waals surface area contributed by atoms with Crippen LogP contribution in [0.15, 0.2) is 42.6 Å². The lowest BCUT2D eigenvalue weighted by Gasteiger charge is -2.39. The second-order valence-electron chi connectivity index (χ2n) is 9.04. The van der Waals surface area contributed by atoms with Crippen LogP contribution in [0.1, 0.15) is 18.7 Å². The summed E-state index contributed by atoms with van der Waals surface area (Å²) < 4.78 is 51.3. The molecular weight excluding hydrogens is 483 g/mol. The van der Waals surface area contributed by atoms with Gasteiger partial charge >= 0.3 is 12.2 Å². The minimum absolute atomic E-state index is 0.209. The monoisotopic (exact) mass is 507 g/mol. The third kappa shape index (κ3) is 5.32. The number of alkyl halides is 3. The Balaban J connectivity index is 1.34. The average Bonchev–Trinajstić information content (AvgIpc) is 3.28. The molecule has 2 aliphatic rings. The molecule has 7 nitrogen and oxygen atoms in total. The average molecular weight is 508 g/mol. The molecule has 186 valence electrons. The van der Waals surface area contributed by atoms with E-state index in [2.05, 4.69) is 20.0 Å². The van der Waals surface area contributed by atoms with Crippen LogP contribution in [0.3, 0.4) is 0 Å². The molecule has 2 aromatic heterocycles. The number of fused-ring (bicyclic) bond motifs is 2. The molecule has 1 aliphatic carbocycles. The maximum atomic E-state index is 13.2. The van der Waals surface area contributed by atoms with Gasteiger partial charge in [0, 0.05) is 37.5 Å². The normalized spacial score (nSPS) is 21.9. The van der Waals surface area contributed by atoms with E-state index in [-0.39, 0.29) is 16.8 Å². The van der Waals surface area contributed by atoms with Gasteiger partial charge in [-0.15, -0.1) is 0 Å². The first kappa shape index (κ1) is 23.7. The van der Waals surface area contributed by atoms with Crippen molar-refractivity contribution in [2.75, 3.05) is 25.1 Å². The number of piperidine rings is 1. The van der Waals surface area contributed by atoms with E-state index < -0.39 is 12.7 Å². The predicted octanol–water partition coefficient (Wildman–Crippen LogP) is 5.39. The molecule has 3 heterocycles. The number of benzene rings is 1. The summed E-state index contributed by atoms with van der Waals surface area (Å²) in [6, 6.07) is 10.3. The number of aromatic nitrogens is 4. The lowest BCUT2D eigenvalue weighted by molar-refractivity contribution is -0.143. The Labute approximate surface area is 205 Å². The third-order valence-corrected chi connectivity index (χ3v) is 7.10. The summed E-state index contributed by atoms with van der Waals surface area (Å²) in [4.78, 5) is 10.9. The quantitative estimate of drug-likeness (QED) is 0.427. The van der Waals surface area contributed by atoms with Crippen LogP contribution in [0.5, 0.6) is 17.6 Å². The molecule has 2 unspecified atom stereocenters. The van der Waals surface area contributed by atoms with Gasteiger partial charge in [0.05, 0.1) is 12.1 Å². The first-order valence-corrected chi connectivity index (χ1v) is 11.8. The number of methoxy groups -OCH3 is 1. The van der Waals surface area contributed by atoms with Crippen molar-refractivity contribution in [2.45, 2.75) is 32.0 Å². The zero-order valence-corrected chi connectivity index (χ0v) is 19.8. The number of hydrogen-bond donors (Lipinski definition) is 0. The molecule has 2 fully saturated rings. The molecule has 2 atom stereocenters. The van der Waals surface area contributed by atoms with Crippen molar-refractivity contribution in [2.24, 2.45) is 17.8 Å². The molecule has 1 aliphatic heterocycles. The van der Waals surface area contributed by atoms with E-state index in [4.69, 9.17) is 21.1 Å². The first-order chi connectivity index (χ1) is 16.8. The van der Waals surface area contributed by atoms with Gasteiger partial charge in [0.25, 0.3) is 0 Å². The molecule has 0 N–H and O–H groups in total. The van der Waals surface area contributed by atoms with Gasteiger partial charge in [0.15, 0.2) is 5.82 Å². The fourth-order valence-electron chi connectivity index (χ4n) is 5.23. The highest BCUT2D eigenvalue weighted by molar-refractivity contribution is 6.32. The number of rotatable bonds is 7. The molecule has 0 spiro atoms. The Hall–Kier alpha value is -3.01. The van der Waals surface area contributed by atoms with Crippen LogP contribution in [-0.4, -0.2) is 46.1 Å². The Kier molecular flexibility index (Phi) is 6.48. The van der Waals surface area contributed by atoms with E-state index in [0.717, 1.165) is 36.3 Å². The second kappa shape index (κ2) is 9.56. The molecule has 0 radical (unpaired) electrons. The van der Waals surface area contributed by atoms with Gasteiger partial charge in [-0.2, -0.15) is 23.3 Å². The number of halogens is 4. The summed E-state index contributed by atoms with van der Waals surface area (Å²) >= 11 is 6.13. The van der Waals surface area contributed by atoms with Crippen molar-refractivity contribution in [3.8, 4) is 17.6 Å². The Morgan fingerprint density at radius 1 is 1.11 bits per heavy atom. The van der Waals surface area contributed by atoms with Crippen molar-refractivity contribution < 1.29 is 22.6 Å². The summed E-state index contributed by atoms with van der Waals surface area (Å²) in [6.07, 6.45) is -0.0768. The highest BCUT2D eigenvalue weighted by Gasteiger charge is 2.43. The van der Waals surface area contributed by atoms with E-state index in [1.807, 2.05) is 12.1 Å². The third-order valence-electron chi connectivity index (χ3n) is 6.79. The van der Waals surface area contributed by atoms with Crippen molar-refractivity contribution in [3.63, 3.8) is 0 Å². The number of para-hydroxylation sites is 1.